The van der Waals surface area contributed by atoms with Crippen molar-refractivity contribution in [3.8, 4) is 0 Å². The zero-order valence-corrected chi connectivity index (χ0v) is 21.5. The summed E-state index contributed by atoms with van der Waals surface area (Å²) in [6.45, 7) is 16.7. The van der Waals surface area contributed by atoms with Crippen LogP contribution in [0.3, 0.4) is 0 Å². The van der Waals surface area contributed by atoms with Gasteiger partial charge in [-0.2, -0.15) is 0 Å². The Morgan fingerprint density at radius 2 is 2.11 bits per heavy atom. The van der Waals surface area contributed by atoms with Crippen molar-refractivity contribution in [3.05, 3.63) is 16.1 Å². The fourth-order valence-electron chi connectivity index (χ4n) is 3.55. The molecule has 28 heavy (non-hydrogen) atoms. The Morgan fingerprint density at radius 3 is 2.71 bits per heavy atom. The monoisotopic (exact) mass is 522 g/mol. The average Bonchev–Trinajstić information content (AvgIpc) is 3.08. The molecule has 1 aliphatic heterocycles. The minimum atomic E-state index is 0. The van der Waals surface area contributed by atoms with Crippen LogP contribution in [0.15, 0.2) is 10.4 Å². The fourth-order valence-corrected chi connectivity index (χ4v) is 4.42. The highest BCUT2D eigenvalue weighted by molar-refractivity contribution is 14.0. The molecule has 1 aromatic rings. The fraction of sp³-hybridized carbons (Fsp3) is 0.810. The Morgan fingerprint density at radius 1 is 1.36 bits per heavy atom. The Balaban J connectivity index is 0.00000392. The maximum atomic E-state index is 6.09. The molecule has 2 rings (SSSR count). The number of aliphatic imine (C=N–C) groups is 1. The number of guanidine groups is 1. The lowest BCUT2D eigenvalue weighted by molar-refractivity contribution is -0.0823. The van der Waals surface area contributed by atoms with E-state index in [0.717, 1.165) is 45.0 Å². The zero-order valence-electron chi connectivity index (χ0n) is 18.4. The van der Waals surface area contributed by atoms with E-state index in [1.54, 1.807) is 11.3 Å². The number of ether oxygens (including phenoxy) is 1. The van der Waals surface area contributed by atoms with Crippen LogP contribution in [-0.2, 0) is 11.2 Å². The Kier molecular flexibility index (Phi) is 11.3. The van der Waals surface area contributed by atoms with Gasteiger partial charge >= 0.3 is 0 Å². The third-order valence-electron chi connectivity index (χ3n) is 4.86. The molecule has 162 valence electrons. The molecule has 1 saturated heterocycles. The lowest BCUT2D eigenvalue weighted by atomic mass is 9.78. The summed E-state index contributed by atoms with van der Waals surface area (Å²) >= 11 is 1.76. The highest BCUT2D eigenvalue weighted by atomic mass is 127. The van der Waals surface area contributed by atoms with E-state index >= 15 is 0 Å². The quantitative estimate of drug-likeness (QED) is 0.306. The normalized spacial score (nSPS) is 20.8. The van der Waals surface area contributed by atoms with E-state index in [-0.39, 0.29) is 35.5 Å². The van der Waals surface area contributed by atoms with Crippen molar-refractivity contribution < 1.29 is 4.74 Å². The maximum Gasteiger partial charge on any atom is 0.191 e. The van der Waals surface area contributed by atoms with Gasteiger partial charge in [0, 0.05) is 49.9 Å². The van der Waals surface area contributed by atoms with E-state index in [9.17, 15) is 0 Å². The van der Waals surface area contributed by atoms with E-state index in [1.807, 2.05) is 0 Å². The third-order valence-corrected chi connectivity index (χ3v) is 6.06. The Bertz CT molecular complexity index is 597. The van der Waals surface area contributed by atoms with E-state index in [1.165, 1.54) is 17.1 Å². The molecule has 0 saturated carbocycles. The smallest absolute Gasteiger partial charge is 0.191 e. The van der Waals surface area contributed by atoms with Gasteiger partial charge in [0.1, 0.15) is 0 Å². The van der Waals surface area contributed by atoms with Crippen LogP contribution >= 0.6 is 35.3 Å². The van der Waals surface area contributed by atoms with Crippen molar-refractivity contribution in [2.24, 2.45) is 16.3 Å². The first-order chi connectivity index (χ1) is 12.8. The second-order valence-electron chi connectivity index (χ2n) is 8.79. The molecule has 0 aromatic carbocycles. The van der Waals surface area contributed by atoms with Crippen LogP contribution in [0.1, 0.15) is 71.0 Å². The highest BCUT2D eigenvalue weighted by Crippen LogP contribution is 2.34. The van der Waals surface area contributed by atoms with Crippen LogP contribution in [0.2, 0.25) is 0 Å². The van der Waals surface area contributed by atoms with Crippen molar-refractivity contribution in [2.75, 3.05) is 26.2 Å². The Labute approximate surface area is 192 Å². The Hall–Kier alpha value is -0.410. The van der Waals surface area contributed by atoms with E-state index in [2.05, 4.69) is 57.6 Å². The van der Waals surface area contributed by atoms with Gasteiger partial charge in [-0.25, -0.2) is 4.98 Å². The van der Waals surface area contributed by atoms with Crippen molar-refractivity contribution >= 4 is 41.3 Å². The molecule has 2 N–H and O–H groups in total. The molecule has 0 aliphatic carbocycles. The molecule has 2 atom stereocenters. The van der Waals surface area contributed by atoms with Gasteiger partial charge in [0.25, 0.3) is 0 Å². The van der Waals surface area contributed by atoms with Gasteiger partial charge in [0.15, 0.2) is 5.96 Å². The number of hydrogen-bond donors (Lipinski definition) is 2. The molecular formula is C21H39IN4OS. The third kappa shape index (κ3) is 8.14. The van der Waals surface area contributed by atoms with Gasteiger partial charge in [0.05, 0.1) is 16.8 Å². The second kappa shape index (κ2) is 12.3. The van der Waals surface area contributed by atoms with Crippen molar-refractivity contribution in [1.82, 2.24) is 15.6 Å². The summed E-state index contributed by atoms with van der Waals surface area (Å²) in [6.07, 6.45) is 3.54. The predicted octanol–water partition coefficient (Wildman–Crippen LogP) is 4.82. The lowest BCUT2D eigenvalue weighted by Gasteiger charge is -2.39. The molecular weight excluding hydrogens is 483 g/mol. The highest BCUT2D eigenvalue weighted by Gasteiger charge is 2.35. The number of nitrogens with zero attached hydrogens (tertiary/aromatic N) is 2. The number of nitrogens with one attached hydrogen (secondary N) is 2. The molecule has 7 heteroatoms. The van der Waals surface area contributed by atoms with E-state index in [0.29, 0.717) is 11.8 Å². The van der Waals surface area contributed by atoms with Crippen LogP contribution in [0.5, 0.6) is 0 Å². The minimum absolute atomic E-state index is 0. The number of halogens is 1. The van der Waals surface area contributed by atoms with Crippen LogP contribution in [-0.4, -0.2) is 43.3 Å². The van der Waals surface area contributed by atoms with Gasteiger partial charge < -0.3 is 15.4 Å². The molecule has 0 amide bonds. The van der Waals surface area contributed by atoms with Gasteiger partial charge in [-0.1, -0.05) is 34.6 Å². The first kappa shape index (κ1) is 25.6. The molecule has 2 heterocycles. The second-order valence-corrected chi connectivity index (χ2v) is 9.68. The molecule has 1 aliphatic rings. The van der Waals surface area contributed by atoms with Gasteiger partial charge in [-0.15, -0.1) is 35.3 Å². The van der Waals surface area contributed by atoms with Crippen LogP contribution in [0.25, 0.3) is 0 Å². The number of thiazole rings is 1. The number of hydrogen-bond acceptors (Lipinski definition) is 4. The number of aromatic nitrogens is 1. The average molecular weight is 523 g/mol. The lowest BCUT2D eigenvalue weighted by Crippen LogP contribution is -2.43. The van der Waals surface area contributed by atoms with Crippen molar-refractivity contribution in [2.45, 2.75) is 72.8 Å². The predicted molar refractivity (Wildman–Crippen MR) is 131 cm³/mol. The minimum Gasteiger partial charge on any atom is -0.377 e. The van der Waals surface area contributed by atoms with E-state index in [4.69, 9.17) is 14.7 Å². The summed E-state index contributed by atoms with van der Waals surface area (Å²) in [6, 6.07) is 0. The van der Waals surface area contributed by atoms with Crippen molar-refractivity contribution in [1.29, 1.82) is 0 Å². The maximum absolute atomic E-state index is 6.09. The summed E-state index contributed by atoms with van der Waals surface area (Å²) in [5.41, 5.74) is 1.33. The van der Waals surface area contributed by atoms with Gasteiger partial charge in [-0.3, -0.25) is 4.99 Å². The summed E-state index contributed by atoms with van der Waals surface area (Å²) in [7, 11) is 0. The molecule has 5 nitrogen and oxygen atoms in total. The molecule has 0 bridgehead atoms. The topological polar surface area (TPSA) is 58.5 Å². The summed E-state index contributed by atoms with van der Waals surface area (Å²) < 4.78 is 6.09. The standard InChI is InChI=1S/C21H38N4OS.HI/c1-7-22-20(23-11-10-17-14-27-19(25-17)15(2)3)24-13-16-9-8-12-26-18(16)21(4,5)6;/h14-16,18H,7-13H2,1-6H3,(H2,22,23,24);1H. The number of rotatable bonds is 7. The van der Waals surface area contributed by atoms with Gasteiger partial charge in [0.2, 0.25) is 0 Å². The molecule has 0 spiro atoms. The van der Waals surface area contributed by atoms with Gasteiger partial charge in [-0.05, 0) is 25.2 Å². The van der Waals surface area contributed by atoms with Crippen LogP contribution in [0.4, 0.5) is 0 Å². The molecule has 2 unspecified atom stereocenters. The van der Waals surface area contributed by atoms with Crippen LogP contribution in [0, 0.1) is 11.3 Å². The SMILES string of the molecule is CCNC(=NCC1CCCOC1C(C)(C)C)NCCc1csc(C(C)C)n1.I. The summed E-state index contributed by atoms with van der Waals surface area (Å²) in [5, 5.41) is 10.2. The van der Waals surface area contributed by atoms with Crippen LogP contribution < -0.4 is 10.6 Å². The largest absolute Gasteiger partial charge is 0.377 e. The first-order valence-electron chi connectivity index (χ1n) is 10.4. The molecule has 1 fully saturated rings. The molecule has 0 radical (unpaired) electrons. The van der Waals surface area contributed by atoms with Crippen molar-refractivity contribution in [3.63, 3.8) is 0 Å². The zero-order chi connectivity index (χ0) is 19.9. The molecule has 1 aromatic heterocycles. The summed E-state index contributed by atoms with van der Waals surface area (Å²) in [4.78, 5) is 9.57. The summed E-state index contributed by atoms with van der Waals surface area (Å²) in [5.74, 6) is 1.89. The van der Waals surface area contributed by atoms with E-state index < -0.39 is 0 Å². The first-order valence-corrected chi connectivity index (χ1v) is 11.3.